The summed E-state index contributed by atoms with van der Waals surface area (Å²) >= 11 is 2.00. The number of rotatable bonds is 2. The second-order valence-electron chi connectivity index (χ2n) is 21.2. The highest BCUT2D eigenvalue weighted by Gasteiger charge is 2.48. The Morgan fingerprint density at radius 1 is 0.536 bits per heavy atom. The van der Waals surface area contributed by atoms with E-state index in [1.165, 1.54) is 113 Å². The zero-order valence-corrected chi connectivity index (χ0v) is 36.3. The summed E-state index contributed by atoms with van der Waals surface area (Å²) in [6.07, 6.45) is 4.80. The molecule has 0 spiro atoms. The van der Waals surface area contributed by atoms with Crippen LogP contribution in [-0.4, -0.2) is 6.71 Å². The SMILES string of the molecule is CC(C)(C)c1cc2c3c(c1)N(c1ccccc1)c1c(sc4ccccc14)B3c1cc3c(cc1N2c1ccc2c(c1)C(C)(C)CCC2(C)C)C(C)(C)CCC3(C)C. The first-order valence-electron chi connectivity index (χ1n) is 21.1. The minimum atomic E-state index is -0.0595. The molecule has 0 N–H and O–H groups in total. The Balaban J connectivity index is 1.37. The summed E-state index contributed by atoms with van der Waals surface area (Å²) in [6, 6.07) is 38.3. The van der Waals surface area contributed by atoms with Crippen LogP contribution in [0.25, 0.3) is 10.1 Å². The van der Waals surface area contributed by atoms with E-state index in [9.17, 15) is 0 Å². The maximum Gasteiger partial charge on any atom is 0.264 e. The molecule has 0 saturated heterocycles. The number of para-hydroxylation sites is 1. The van der Waals surface area contributed by atoms with Crippen molar-refractivity contribution in [1.29, 1.82) is 0 Å². The van der Waals surface area contributed by atoms with E-state index in [-0.39, 0.29) is 33.8 Å². The molecule has 284 valence electrons. The minimum absolute atomic E-state index is 0.0595. The fraction of sp³-hybridized carbons (Fsp3) is 0.385. The molecule has 1 aromatic heterocycles. The molecule has 56 heavy (non-hydrogen) atoms. The number of hydrogen-bond donors (Lipinski definition) is 0. The molecule has 2 nitrogen and oxygen atoms in total. The van der Waals surface area contributed by atoms with Gasteiger partial charge >= 0.3 is 0 Å². The molecule has 0 bridgehead atoms. The lowest BCUT2D eigenvalue weighted by molar-refractivity contribution is 0.332. The standard InChI is InChI=1S/C52H57BN2S/c1-48(2,3)32-27-42-45-43(28-32)55(33-17-13-12-14-18-33)46-35-19-15-16-20-44(35)56-47(46)53(45)40-30-38-39(52(10,11)26-25-51(38,8)9)31-41(40)54(42)34-21-22-36-37(29-34)50(6,7)24-23-49(36,4)5/h12-22,27-31H,23-26H2,1-11H3. The van der Waals surface area contributed by atoms with Gasteiger partial charge in [-0.15, -0.1) is 11.3 Å². The van der Waals surface area contributed by atoms with Gasteiger partial charge in [0.1, 0.15) is 0 Å². The summed E-state index contributed by atoms with van der Waals surface area (Å²) in [7, 11) is 0. The highest BCUT2D eigenvalue weighted by molar-refractivity contribution is 7.33. The quantitative estimate of drug-likeness (QED) is 0.162. The van der Waals surface area contributed by atoms with E-state index < -0.39 is 0 Å². The zero-order valence-electron chi connectivity index (χ0n) is 35.4. The molecule has 10 rings (SSSR count). The van der Waals surface area contributed by atoms with Crippen LogP contribution in [0.4, 0.5) is 34.1 Å². The van der Waals surface area contributed by atoms with Crippen molar-refractivity contribution in [2.75, 3.05) is 9.80 Å². The van der Waals surface area contributed by atoms with E-state index in [1.54, 1.807) is 0 Å². The Bertz CT molecular complexity index is 2600. The molecule has 0 atom stereocenters. The van der Waals surface area contributed by atoms with Gasteiger partial charge in [0.15, 0.2) is 0 Å². The topological polar surface area (TPSA) is 6.48 Å². The number of nitrogens with zero attached hydrogens (tertiary/aromatic N) is 2. The van der Waals surface area contributed by atoms with Gasteiger partial charge < -0.3 is 9.80 Å². The molecule has 4 heteroatoms. The minimum Gasteiger partial charge on any atom is -0.311 e. The molecule has 0 saturated carbocycles. The third kappa shape index (κ3) is 5.13. The van der Waals surface area contributed by atoms with Crippen molar-refractivity contribution in [2.24, 2.45) is 0 Å². The lowest BCUT2D eigenvalue weighted by Crippen LogP contribution is -2.61. The van der Waals surface area contributed by atoms with E-state index in [0.29, 0.717) is 0 Å². The predicted molar refractivity (Wildman–Crippen MR) is 245 cm³/mol. The Morgan fingerprint density at radius 3 is 1.73 bits per heavy atom. The highest BCUT2D eigenvalue weighted by atomic mass is 32.1. The molecule has 5 aromatic carbocycles. The number of hydrogen-bond acceptors (Lipinski definition) is 3. The van der Waals surface area contributed by atoms with Crippen LogP contribution in [0.15, 0.2) is 97.1 Å². The molecule has 6 aromatic rings. The van der Waals surface area contributed by atoms with Gasteiger partial charge in [0.25, 0.3) is 6.71 Å². The van der Waals surface area contributed by atoms with E-state index >= 15 is 0 Å². The van der Waals surface area contributed by atoms with Crippen LogP contribution in [0.1, 0.15) is 130 Å². The molecule has 0 amide bonds. The third-order valence-corrected chi connectivity index (χ3v) is 15.7. The second-order valence-corrected chi connectivity index (χ2v) is 22.2. The van der Waals surface area contributed by atoms with Crippen molar-refractivity contribution < 1.29 is 0 Å². The van der Waals surface area contributed by atoms with E-state index in [0.717, 1.165) is 0 Å². The van der Waals surface area contributed by atoms with Gasteiger partial charge in [-0.1, -0.05) is 125 Å². The molecule has 2 aliphatic heterocycles. The fourth-order valence-corrected chi connectivity index (χ4v) is 12.1. The maximum absolute atomic E-state index is 2.71. The van der Waals surface area contributed by atoms with Crippen molar-refractivity contribution in [3.8, 4) is 0 Å². The summed E-state index contributed by atoms with van der Waals surface area (Å²) in [4.78, 5) is 5.32. The second kappa shape index (κ2) is 11.7. The molecule has 0 unspecified atom stereocenters. The van der Waals surface area contributed by atoms with Crippen LogP contribution >= 0.6 is 11.3 Å². The summed E-state index contributed by atoms with van der Waals surface area (Å²) in [5, 5.41) is 1.34. The lowest BCUT2D eigenvalue weighted by Gasteiger charge is -2.48. The molecule has 2 aliphatic carbocycles. The van der Waals surface area contributed by atoms with Crippen molar-refractivity contribution in [3.05, 3.63) is 125 Å². The van der Waals surface area contributed by atoms with Crippen LogP contribution in [-0.2, 0) is 27.1 Å². The zero-order chi connectivity index (χ0) is 39.3. The van der Waals surface area contributed by atoms with Crippen LogP contribution in [0.3, 0.4) is 0 Å². The number of thiophene rings is 1. The van der Waals surface area contributed by atoms with Gasteiger partial charge in [-0.25, -0.2) is 0 Å². The van der Waals surface area contributed by atoms with Gasteiger partial charge in [-0.2, -0.15) is 0 Å². The smallest absolute Gasteiger partial charge is 0.264 e. The average molecular weight is 753 g/mol. The number of benzene rings is 5. The molecule has 4 aliphatic rings. The van der Waals surface area contributed by atoms with Crippen LogP contribution < -0.4 is 25.5 Å². The van der Waals surface area contributed by atoms with Gasteiger partial charge in [-0.05, 0) is 140 Å². The molecule has 0 fully saturated rings. The van der Waals surface area contributed by atoms with E-state index in [4.69, 9.17) is 0 Å². The normalized spacial score (nSPS) is 19.5. The third-order valence-electron chi connectivity index (χ3n) is 14.5. The van der Waals surface area contributed by atoms with Crippen molar-refractivity contribution in [1.82, 2.24) is 0 Å². The molecular formula is C52H57BN2S. The Morgan fingerprint density at radius 2 is 1.09 bits per heavy atom. The van der Waals surface area contributed by atoms with Crippen molar-refractivity contribution in [3.63, 3.8) is 0 Å². The maximum atomic E-state index is 2.71. The van der Waals surface area contributed by atoms with Crippen molar-refractivity contribution >= 4 is 78.0 Å². The number of anilines is 6. The lowest BCUT2D eigenvalue weighted by atomic mass is 9.35. The van der Waals surface area contributed by atoms with Gasteiger partial charge in [0, 0.05) is 43.3 Å². The molecular weight excluding hydrogens is 695 g/mol. The fourth-order valence-electron chi connectivity index (χ4n) is 10.8. The van der Waals surface area contributed by atoms with E-state index in [2.05, 4.69) is 183 Å². The summed E-state index contributed by atoms with van der Waals surface area (Å²) in [6.45, 7) is 27.0. The molecule has 0 radical (unpaired) electrons. The largest absolute Gasteiger partial charge is 0.311 e. The summed E-state index contributed by atoms with van der Waals surface area (Å²) in [5.74, 6) is 0. The molecule has 3 heterocycles. The van der Waals surface area contributed by atoms with E-state index in [1.807, 2.05) is 11.3 Å². The van der Waals surface area contributed by atoms with Crippen LogP contribution in [0.2, 0.25) is 0 Å². The first-order chi connectivity index (χ1) is 26.4. The van der Waals surface area contributed by atoms with Gasteiger partial charge in [0.2, 0.25) is 0 Å². The summed E-state index contributed by atoms with van der Waals surface area (Å²) in [5.41, 5.74) is 18.5. The first kappa shape index (κ1) is 36.1. The Labute approximate surface area is 340 Å². The van der Waals surface area contributed by atoms with Crippen molar-refractivity contribution in [2.45, 2.75) is 129 Å². The predicted octanol–water partition coefficient (Wildman–Crippen LogP) is 13.0. The first-order valence-corrected chi connectivity index (χ1v) is 21.9. The van der Waals surface area contributed by atoms with Crippen LogP contribution in [0.5, 0.6) is 0 Å². The Kier molecular flexibility index (Phi) is 7.51. The van der Waals surface area contributed by atoms with Crippen LogP contribution in [0, 0.1) is 0 Å². The average Bonchev–Trinajstić information content (AvgIpc) is 3.54. The highest BCUT2D eigenvalue weighted by Crippen LogP contribution is 2.54. The summed E-state index contributed by atoms with van der Waals surface area (Å²) < 4.78 is 2.81. The van der Waals surface area contributed by atoms with Gasteiger partial charge in [-0.3, -0.25) is 0 Å². The monoisotopic (exact) mass is 752 g/mol. The number of fused-ring (bicyclic) bond motifs is 8. The Hall–Kier alpha value is -4.28. The van der Waals surface area contributed by atoms with Gasteiger partial charge in [0.05, 0.1) is 5.69 Å².